The Kier molecular flexibility index (Phi) is 3.76. The Labute approximate surface area is 103 Å². The molecule has 1 aromatic carbocycles. The molecule has 0 radical (unpaired) electrons. The Morgan fingerprint density at radius 2 is 2.17 bits per heavy atom. The fourth-order valence-corrected chi connectivity index (χ4v) is 1.64. The van der Waals surface area contributed by atoms with E-state index in [4.69, 9.17) is 5.73 Å². The van der Waals surface area contributed by atoms with Gasteiger partial charge in [0, 0.05) is 31.4 Å². The first-order valence-corrected chi connectivity index (χ1v) is 5.63. The fraction of sp³-hybridized carbons (Fsp3) is 0.250. The highest BCUT2D eigenvalue weighted by Crippen LogP contribution is 2.23. The number of aromatic nitrogens is 2. The third kappa shape index (κ3) is 2.97. The minimum Gasteiger partial charge on any atom is -0.395 e. The van der Waals surface area contributed by atoms with Crippen LogP contribution in [0.4, 0.5) is 20.2 Å². The summed E-state index contributed by atoms with van der Waals surface area (Å²) in [5.74, 6) is -0.506. The van der Waals surface area contributed by atoms with E-state index in [0.717, 1.165) is 24.7 Å². The Balaban J connectivity index is 1.86. The molecule has 2 aromatic rings. The SMILES string of the molecule is Nc1c(F)cc(F)cc1NCCCc1ncc[nH]1. The minimum atomic E-state index is -0.747. The van der Waals surface area contributed by atoms with E-state index < -0.39 is 11.6 Å². The minimum absolute atomic E-state index is 0.0607. The van der Waals surface area contributed by atoms with Gasteiger partial charge in [-0.1, -0.05) is 0 Å². The van der Waals surface area contributed by atoms with Crippen molar-refractivity contribution in [1.82, 2.24) is 9.97 Å². The second kappa shape index (κ2) is 5.48. The first-order chi connectivity index (χ1) is 8.66. The molecule has 4 nitrogen and oxygen atoms in total. The van der Waals surface area contributed by atoms with Gasteiger partial charge < -0.3 is 16.0 Å². The molecule has 0 saturated carbocycles. The van der Waals surface area contributed by atoms with E-state index in [2.05, 4.69) is 15.3 Å². The van der Waals surface area contributed by atoms with E-state index in [1.165, 1.54) is 6.07 Å². The van der Waals surface area contributed by atoms with Crippen molar-refractivity contribution in [3.8, 4) is 0 Å². The molecule has 0 aliphatic heterocycles. The Morgan fingerprint density at radius 1 is 1.33 bits per heavy atom. The highest BCUT2D eigenvalue weighted by atomic mass is 19.1. The van der Waals surface area contributed by atoms with Crippen molar-refractivity contribution in [1.29, 1.82) is 0 Å². The molecule has 0 aliphatic rings. The number of hydrogen-bond donors (Lipinski definition) is 3. The highest BCUT2D eigenvalue weighted by molar-refractivity contribution is 5.66. The summed E-state index contributed by atoms with van der Waals surface area (Å²) in [6.07, 6.45) is 4.98. The number of rotatable bonds is 5. The third-order valence-electron chi connectivity index (χ3n) is 2.55. The summed E-state index contributed by atoms with van der Waals surface area (Å²) in [4.78, 5) is 7.06. The van der Waals surface area contributed by atoms with E-state index in [9.17, 15) is 8.78 Å². The van der Waals surface area contributed by atoms with Crippen LogP contribution in [-0.4, -0.2) is 16.5 Å². The van der Waals surface area contributed by atoms with Gasteiger partial charge in [-0.25, -0.2) is 13.8 Å². The summed E-state index contributed by atoms with van der Waals surface area (Å²) in [7, 11) is 0. The molecule has 6 heteroatoms. The Bertz CT molecular complexity index is 511. The zero-order valence-electron chi connectivity index (χ0n) is 9.71. The summed E-state index contributed by atoms with van der Waals surface area (Å²) < 4.78 is 26.1. The number of benzene rings is 1. The molecular formula is C12H14F2N4. The molecule has 0 aliphatic carbocycles. The van der Waals surface area contributed by atoms with E-state index >= 15 is 0 Å². The van der Waals surface area contributed by atoms with Gasteiger partial charge in [-0.05, 0) is 12.5 Å². The van der Waals surface area contributed by atoms with Crippen molar-refractivity contribution < 1.29 is 8.78 Å². The quantitative estimate of drug-likeness (QED) is 0.565. The summed E-state index contributed by atoms with van der Waals surface area (Å²) in [5.41, 5.74) is 5.73. The predicted octanol–water partition coefficient (Wildman–Crippen LogP) is 2.31. The predicted molar refractivity (Wildman–Crippen MR) is 66.2 cm³/mol. The van der Waals surface area contributed by atoms with Crippen molar-refractivity contribution in [3.05, 3.63) is 42.0 Å². The van der Waals surface area contributed by atoms with Gasteiger partial charge >= 0.3 is 0 Å². The van der Waals surface area contributed by atoms with Crippen LogP contribution in [0.15, 0.2) is 24.5 Å². The molecule has 0 bridgehead atoms. The summed E-state index contributed by atoms with van der Waals surface area (Å²) in [5, 5.41) is 2.91. The number of halogens is 2. The van der Waals surface area contributed by atoms with Crippen LogP contribution in [0.2, 0.25) is 0 Å². The monoisotopic (exact) mass is 252 g/mol. The summed E-state index contributed by atoms with van der Waals surface area (Å²) >= 11 is 0. The van der Waals surface area contributed by atoms with E-state index in [1.54, 1.807) is 12.4 Å². The van der Waals surface area contributed by atoms with Crippen LogP contribution in [0.5, 0.6) is 0 Å². The fourth-order valence-electron chi connectivity index (χ4n) is 1.64. The average molecular weight is 252 g/mol. The molecule has 0 spiro atoms. The number of nitrogens with zero attached hydrogens (tertiary/aromatic N) is 1. The number of hydrogen-bond acceptors (Lipinski definition) is 3. The molecule has 0 fully saturated rings. The first-order valence-electron chi connectivity index (χ1n) is 5.63. The lowest BCUT2D eigenvalue weighted by molar-refractivity contribution is 0.587. The molecular weight excluding hydrogens is 238 g/mol. The van der Waals surface area contributed by atoms with E-state index in [1.807, 2.05) is 0 Å². The molecule has 0 saturated heterocycles. The van der Waals surface area contributed by atoms with E-state index in [0.29, 0.717) is 6.54 Å². The second-order valence-electron chi connectivity index (χ2n) is 3.92. The van der Waals surface area contributed by atoms with Crippen molar-refractivity contribution in [2.24, 2.45) is 0 Å². The van der Waals surface area contributed by atoms with Crippen LogP contribution < -0.4 is 11.1 Å². The van der Waals surface area contributed by atoms with Gasteiger partial charge in [0.05, 0.1) is 11.4 Å². The van der Waals surface area contributed by atoms with Crippen molar-refractivity contribution in [3.63, 3.8) is 0 Å². The molecule has 18 heavy (non-hydrogen) atoms. The molecule has 96 valence electrons. The molecule has 2 rings (SSSR count). The number of nitrogen functional groups attached to an aromatic ring is 1. The van der Waals surface area contributed by atoms with Crippen molar-refractivity contribution in [2.45, 2.75) is 12.8 Å². The van der Waals surface area contributed by atoms with Gasteiger partial charge in [-0.3, -0.25) is 0 Å². The van der Waals surface area contributed by atoms with Gasteiger partial charge in [0.25, 0.3) is 0 Å². The van der Waals surface area contributed by atoms with Gasteiger partial charge in [-0.15, -0.1) is 0 Å². The molecule has 4 N–H and O–H groups in total. The average Bonchev–Trinajstić information content (AvgIpc) is 2.83. The highest BCUT2D eigenvalue weighted by Gasteiger charge is 2.07. The van der Waals surface area contributed by atoms with Gasteiger partial charge in [0.2, 0.25) is 0 Å². The third-order valence-corrected chi connectivity index (χ3v) is 2.55. The van der Waals surface area contributed by atoms with Crippen molar-refractivity contribution >= 4 is 11.4 Å². The number of aryl methyl sites for hydroxylation is 1. The van der Waals surface area contributed by atoms with Gasteiger partial charge in [0.1, 0.15) is 11.6 Å². The number of nitrogens with one attached hydrogen (secondary N) is 2. The van der Waals surface area contributed by atoms with Crippen LogP contribution in [-0.2, 0) is 6.42 Å². The number of anilines is 2. The lowest BCUT2D eigenvalue weighted by atomic mass is 10.2. The molecule has 0 amide bonds. The maximum absolute atomic E-state index is 13.2. The number of H-pyrrole nitrogens is 1. The van der Waals surface area contributed by atoms with Crippen LogP contribution in [0.25, 0.3) is 0 Å². The zero-order chi connectivity index (χ0) is 13.0. The number of imidazole rings is 1. The standard InChI is InChI=1S/C12H14F2N4/c13-8-6-9(14)12(15)10(7-8)16-3-1-2-11-17-4-5-18-11/h4-7,16H,1-3,15H2,(H,17,18). The maximum atomic E-state index is 13.2. The molecule has 1 aromatic heterocycles. The smallest absolute Gasteiger partial charge is 0.151 e. The Hall–Kier alpha value is -2.11. The zero-order valence-corrected chi connectivity index (χ0v) is 9.71. The van der Waals surface area contributed by atoms with Crippen LogP contribution in [0, 0.1) is 11.6 Å². The lowest BCUT2D eigenvalue weighted by Crippen LogP contribution is -2.07. The summed E-state index contributed by atoms with van der Waals surface area (Å²) in [6.45, 7) is 0.563. The topological polar surface area (TPSA) is 66.7 Å². The van der Waals surface area contributed by atoms with Gasteiger partial charge in [-0.2, -0.15) is 0 Å². The first kappa shape index (κ1) is 12.3. The number of aromatic amines is 1. The van der Waals surface area contributed by atoms with Crippen LogP contribution >= 0.6 is 0 Å². The second-order valence-corrected chi connectivity index (χ2v) is 3.92. The molecule has 0 unspecified atom stereocenters. The molecule has 0 atom stereocenters. The van der Waals surface area contributed by atoms with Crippen LogP contribution in [0.3, 0.4) is 0 Å². The maximum Gasteiger partial charge on any atom is 0.151 e. The summed E-state index contributed by atoms with van der Waals surface area (Å²) in [6, 6.07) is 1.95. The van der Waals surface area contributed by atoms with Crippen molar-refractivity contribution in [2.75, 3.05) is 17.6 Å². The largest absolute Gasteiger partial charge is 0.395 e. The van der Waals surface area contributed by atoms with Gasteiger partial charge in [0.15, 0.2) is 5.82 Å². The Morgan fingerprint density at radius 3 is 2.89 bits per heavy atom. The van der Waals surface area contributed by atoms with Crippen LogP contribution in [0.1, 0.15) is 12.2 Å². The molecule has 1 heterocycles. The lowest BCUT2D eigenvalue weighted by Gasteiger charge is -2.09. The normalized spacial score (nSPS) is 10.6. The number of nitrogens with two attached hydrogens (primary N) is 1. The van der Waals surface area contributed by atoms with E-state index in [-0.39, 0.29) is 11.4 Å².